The Labute approximate surface area is 170 Å². The van der Waals surface area contributed by atoms with E-state index in [4.69, 9.17) is 9.47 Å². The van der Waals surface area contributed by atoms with Crippen LogP contribution in [-0.2, 0) is 14.3 Å². The molecule has 0 N–H and O–H groups in total. The van der Waals surface area contributed by atoms with Crippen LogP contribution in [0.1, 0.15) is 79.6 Å². The first-order valence-electron chi connectivity index (χ1n) is 11.7. The van der Waals surface area contributed by atoms with Gasteiger partial charge in [-0.2, -0.15) is 0 Å². The maximum absolute atomic E-state index is 12.7. The van der Waals surface area contributed by atoms with Crippen molar-refractivity contribution < 1.29 is 14.3 Å². The van der Waals surface area contributed by atoms with Gasteiger partial charge in [-0.05, 0) is 87.9 Å². The minimum absolute atomic E-state index is 0.212. The Bertz CT molecular complexity index is 715. The van der Waals surface area contributed by atoms with Gasteiger partial charge in [0, 0.05) is 17.8 Å². The number of Topliss-reactive ketones (excluding diaryl/α,β-unsaturated/α-hetero) is 1. The third kappa shape index (κ3) is 2.32. The summed E-state index contributed by atoms with van der Waals surface area (Å²) < 4.78 is 12.3. The molecule has 3 nitrogen and oxygen atoms in total. The molecule has 6 atom stereocenters. The molecule has 1 heterocycles. The molecule has 3 saturated carbocycles. The van der Waals surface area contributed by atoms with Gasteiger partial charge in [0.1, 0.15) is 5.78 Å². The number of ketones is 1. The summed E-state index contributed by atoms with van der Waals surface area (Å²) in [6.45, 7) is 13.1. The number of carbonyl (C=O) groups is 1. The van der Waals surface area contributed by atoms with Crippen LogP contribution in [0.5, 0.6) is 0 Å². The van der Waals surface area contributed by atoms with E-state index in [0.29, 0.717) is 17.1 Å². The standard InChI is InChI=1S/C25H38O3/c1-22(2)19-8-6-16-17-7-9-20(25(5)27-14-15-28-25)24(17,4)12-10-18(16)23(19,3)13-11-21(22)26/h8,16-18,20H,6-7,9-15H2,1-5H3/t16-,17+,18-,20-,23-,24+/m0/s1. The van der Waals surface area contributed by atoms with E-state index in [-0.39, 0.29) is 16.6 Å². The van der Waals surface area contributed by atoms with Gasteiger partial charge in [-0.25, -0.2) is 0 Å². The molecule has 1 saturated heterocycles. The van der Waals surface area contributed by atoms with Gasteiger partial charge in [0.15, 0.2) is 5.79 Å². The van der Waals surface area contributed by atoms with Crippen LogP contribution < -0.4 is 0 Å². The van der Waals surface area contributed by atoms with E-state index in [0.717, 1.165) is 50.2 Å². The number of hydrogen-bond acceptors (Lipinski definition) is 3. The Morgan fingerprint density at radius 1 is 0.929 bits per heavy atom. The van der Waals surface area contributed by atoms with Gasteiger partial charge in [-0.15, -0.1) is 0 Å². The van der Waals surface area contributed by atoms with Crippen molar-refractivity contribution in [3.63, 3.8) is 0 Å². The van der Waals surface area contributed by atoms with Crippen LogP contribution in [0.3, 0.4) is 0 Å². The highest BCUT2D eigenvalue weighted by atomic mass is 16.7. The summed E-state index contributed by atoms with van der Waals surface area (Å²) in [5.41, 5.74) is 1.73. The maximum atomic E-state index is 12.7. The van der Waals surface area contributed by atoms with Crippen LogP contribution in [0.4, 0.5) is 0 Å². The number of allylic oxidation sites excluding steroid dienone is 2. The first kappa shape index (κ1) is 19.3. The topological polar surface area (TPSA) is 35.5 Å². The highest BCUT2D eigenvalue weighted by molar-refractivity contribution is 5.89. The molecule has 4 fully saturated rings. The average Bonchev–Trinajstić information content (AvgIpc) is 3.22. The van der Waals surface area contributed by atoms with Gasteiger partial charge in [0.05, 0.1) is 13.2 Å². The van der Waals surface area contributed by atoms with Crippen molar-refractivity contribution in [2.45, 2.75) is 85.4 Å². The molecule has 0 aromatic heterocycles. The van der Waals surface area contributed by atoms with E-state index in [1.54, 1.807) is 0 Å². The van der Waals surface area contributed by atoms with Gasteiger partial charge >= 0.3 is 0 Å². The van der Waals surface area contributed by atoms with Gasteiger partial charge in [-0.1, -0.05) is 25.5 Å². The predicted molar refractivity (Wildman–Crippen MR) is 110 cm³/mol. The summed E-state index contributed by atoms with van der Waals surface area (Å²) in [5.74, 6) is 2.82. The molecular weight excluding hydrogens is 348 g/mol. The molecule has 5 rings (SSSR count). The fourth-order valence-electron chi connectivity index (χ4n) is 8.81. The van der Waals surface area contributed by atoms with Crippen molar-refractivity contribution in [3.05, 3.63) is 11.6 Å². The zero-order chi connectivity index (χ0) is 19.9. The number of ether oxygens (including phenoxy) is 2. The predicted octanol–water partition coefficient (Wildman–Crippen LogP) is 5.53. The van der Waals surface area contributed by atoms with Crippen molar-refractivity contribution in [3.8, 4) is 0 Å². The summed E-state index contributed by atoms with van der Waals surface area (Å²) in [6.07, 6.45) is 10.6. The SMILES string of the molecule is CC1(C)C(=O)CC[C@]2(C)C1=CC[C@H]1[C@H]3CC[C@H](C4(C)OCCO4)[C@]3(C)CC[C@@H]12. The van der Waals surface area contributed by atoms with E-state index >= 15 is 0 Å². The first-order valence-corrected chi connectivity index (χ1v) is 11.7. The van der Waals surface area contributed by atoms with E-state index in [2.05, 4.69) is 40.7 Å². The van der Waals surface area contributed by atoms with E-state index < -0.39 is 0 Å². The molecule has 0 radical (unpaired) electrons. The maximum Gasteiger partial charge on any atom is 0.169 e. The third-order valence-corrected chi connectivity index (χ3v) is 10.2. The normalized spacial score (nSPS) is 49.2. The van der Waals surface area contributed by atoms with Crippen LogP contribution in [0.2, 0.25) is 0 Å². The minimum Gasteiger partial charge on any atom is -0.348 e. The van der Waals surface area contributed by atoms with Gasteiger partial charge in [0.2, 0.25) is 0 Å². The van der Waals surface area contributed by atoms with Crippen molar-refractivity contribution in [1.29, 1.82) is 0 Å². The summed E-state index contributed by atoms with van der Waals surface area (Å²) in [7, 11) is 0. The second-order valence-electron chi connectivity index (χ2n) is 11.6. The van der Waals surface area contributed by atoms with Crippen LogP contribution >= 0.6 is 0 Å². The number of hydrogen-bond donors (Lipinski definition) is 0. The van der Waals surface area contributed by atoms with Crippen molar-refractivity contribution >= 4 is 5.78 Å². The third-order valence-electron chi connectivity index (χ3n) is 10.2. The summed E-state index contributed by atoms with van der Waals surface area (Å²) in [5, 5.41) is 0. The molecule has 1 aliphatic heterocycles. The molecule has 0 spiro atoms. The lowest BCUT2D eigenvalue weighted by Gasteiger charge is -2.60. The molecule has 0 bridgehead atoms. The molecule has 0 aromatic rings. The smallest absolute Gasteiger partial charge is 0.169 e. The lowest BCUT2D eigenvalue weighted by Crippen LogP contribution is -2.55. The summed E-state index contributed by atoms with van der Waals surface area (Å²) >= 11 is 0. The first-order chi connectivity index (χ1) is 13.1. The van der Waals surface area contributed by atoms with Crippen molar-refractivity contribution in [1.82, 2.24) is 0 Å². The van der Waals surface area contributed by atoms with Crippen LogP contribution in [0, 0.1) is 39.9 Å². The molecule has 4 aliphatic carbocycles. The number of carbonyl (C=O) groups excluding carboxylic acids is 1. The molecule has 28 heavy (non-hydrogen) atoms. The van der Waals surface area contributed by atoms with Crippen LogP contribution in [0.25, 0.3) is 0 Å². The Morgan fingerprint density at radius 3 is 2.36 bits per heavy atom. The van der Waals surface area contributed by atoms with E-state index in [1.807, 2.05) is 0 Å². The number of rotatable bonds is 1. The Hall–Kier alpha value is -0.670. The Morgan fingerprint density at radius 2 is 1.64 bits per heavy atom. The van der Waals surface area contributed by atoms with Crippen molar-refractivity contribution in [2.75, 3.05) is 13.2 Å². The van der Waals surface area contributed by atoms with E-state index in [1.165, 1.54) is 31.3 Å². The lowest BCUT2D eigenvalue weighted by atomic mass is 9.44. The summed E-state index contributed by atoms with van der Waals surface area (Å²) in [6, 6.07) is 0. The van der Waals surface area contributed by atoms with Gasteiger partial charge in [0.25, 0.3) is 0 Å². The monoisotopic (exact) mass is 386 g/mol. The zero-order valence-electron chi connectivity index (χ0n) is 18.5. The average molecular weight is 387 g/mol. The molecular formula is C25H38O3. The van der Waals surface area contributed by atoms with Crippen molar-refractivity contribution in [2.24, 2.45) is 39.9 Å². The minimum atomic E-state index is -0.380. The molecule has 3 heteroatoms. The van der Waals surface area contributed by atoms with Gasteiger partial charge < -0.3 is 9.47 Å². The Kier molecular flexibility index (Phi) is 4.09. The van der Waals surface area contributed by atoms with Crippen LogP contribution in [0.15, 0.2) is 11.6 Å². The molecule has 5 aliphatic rings. The second kappa shape index (κ2) is 5.94. The highest BCUT2D eigenvalue weighted by Crippen LogP contribution is 2.69. The molecule has 156 valence electrons. The zero-order valence-corrected chi connectivity index (χ0v) is 18.5. The molecule has 0 aromatic carbocycles. The quantitative estimate of drug-likeness (QED) is 0.556. The molecule has 0 amide bonds. The largest absolute Gasteiger partial charge is 0.348 e. The van der Waals surface area contributed by atoms with Crippen LogP contribution in [-0.4, -0.2) is 24.8 Å². The second-order valence-corrected chi connectivity index (χ2v) is 11.6. The van der Waals surface area contributed by atoms with Gasteiger partial charge in [-0.3, -0.25) is 4.79 Å². The fraction of sp³-hybridized carbons (Fsp3) is 0.880. The molecule has 0 unspecified atom stereocenters. The fourth-order valence-corrected chi connectivity index (χ4v) is 8.81. The summed E-state index contributed by atoms with van der Waals surface area (Å²) in [4.78, 5) is 12.7. The van der Waals surface area contributed by atoms with E-state index in [9.17, 15) is 4.79 Å². The lowest BCUT2D eigenvalue weighted by molar-refractivity contribution is -0.214. The number of fused-ring (bicyclic) bond motifs is 5. The highest BCUT2D eigenvalue weighted by Gasteiger charge is 2.64. The Balaban J connectivity index is 1.49.